The minimum Gasteiger partial charge on any atom is -0.363 e. The van der Waals surface area contributed by atoms with Crippen LogP contribution in [0.25, 0.3) is 11.4 Å². The third kappa shape index (κ3) is 3.98. The molecule has 3 aromatic rings. The molecule has 5 heteroatoms. The van der Waals surface area contributed by atoms with Crippen molar-refractivity contribution in [1.29, 1.82) is 0 Å². The summed E-state index contributed by atoms with van der Waals surface area (Å²) in [5.41, 5.74) is 4.61. The summed E-state index contributed by atoms with van der Waals surface area (Å²) in [6, 6.07) is 14.4. The number of likely N-dealkylation sites (N-methyl/N-ethyl adjacent to an activating group) is 1. The molecule has 3 heterocycles. The second-order valence-corrected chi connectivity index (χ2v) is 7.14. The molecule has 1 atom stereocenters. The molecule has 0 unspecified atom stereocenters. The predicted molar refractivity (Wildman–Crippen MR) is 109 cm³/mol. The topological polar surface area (TPSA) is 53.9 Å². The van der Waals surface area contributed by atoms with E-state index in [0.29, 0.717) is 0 Å². The van der Waals surface area contributed by atoms with Crippen molar-refractivity contribution in [2.45, 2.75) is 25.8 Å². The average Bonchev–Trinajstić information content (AvgIpc) is 2.91. The standard InChI is InChI=1S/C22H25N5/c1-16(18-9-6-12-23-15-18)24-22-19-10-13-27(2)14-11-20(19)25-21(26-22)17-7-4-3-5-8-17/h3-9,12,15-16H,10-11,13-14H2,1-2H3,(H,24,25,26)/t16-/m0/s1. The number of rotatable bonds is 4. The van der Waals surface area contributed by atoms with Crippen LogP contribution >= 0.6 is 0 Å². The third-order valence-electron chi connectivity index (χ3n) is 5.14. The fourth-order valence-electron chi connectivity index (χ4n) is 3.47. The second-order valence-electron chi connectivity index (χ2n) is 7.14. The molecule has 2 aromatic heterocycles. The number of benzene rings is 1. The summed E-state index contributed by atoms with van der Waals surface area (Å²) < 4.78 is 0. The van der Waals surface area contributed by atoms with Crippen LogP contribution < -0.4 is 5.32 Å². The molecule has 1 aromatic carbocycles. The molecule has 138 valence electrons. The molecule has 0 aliphatic carbocycles. The lowest BCUT2D eigenvalue weighted by Gasteiger charge is -2.19. The Morgan fingerprint density at radius 2 is 1.81 bits per heavy atom. The van der Waals surface area contributed by atoms with Crippen LogP contribution in [0.2, 0.25) is 0 Å². The van der Waals surface area contributed by atoms with Gasteiger partial charge in [0.15, 0.2) is 5.82 Å². The Morgan fingerprint density at radius 3 is 2.59 bits per heavy atom. The zero-order valence-corrected chi connectivity index (χ0v) is 15.9. The third-order valence-corrected chi connectivity index (χ3v) is 5.14. The summed E-state index contributed by atoms with van der Waals surface area (Å²) in [6.07, 6.45) is 5.62. The Kier molecular flexibility index (Phi) is 5.12. The van der Waals surface area contributed by atoms with E-state index in [1.807, 2.05) is 30.5 Å². The summed E-state index contributed by atoms with van der Waals surface area (Å²) in [7, 11) is 2.17. The fraction of sp³-hybridized carbons (Fsp3) is 0.318. The van der Waals surface area contributed by atoms with Crippen molar-refractivity contribution in [3.05, 3.63) is 71.7 Å². The molecule has 0 fully saturated rings. The van der Waals surface area contributed by atoms with Gasteiger partial charge in [-0.1, -0.05) is 36.4 Å². The summed E-state index contributed by atoms with van der Waals surface area (Å²) in [5, 5.41) is 3.63. The Bertz CT molecular complexity index is 895. The number of hydrogen-bond donors (Lipinski definition) is 1. The molecule has 1 N–H and O–H groups in total. The highest BCUT2D eigenvalue weighted by Crippen LogP contribution is 2.28. The van der Waals surface area contributed by atoms with Gasteiger partial charge in [-0.3, -0.25) is 4.98 Å². The zero-order chi connectivity index (χ0) is 18.6. The quantitative estimate of drug-likeness (QED) is 0.769. The van der Waals surface area contributed by atoms with E-state index in [9.17, 15) is 0 Å². The average molecular weight is 359 g/mol. The molecule has 1 aliphatic heterocycles. The lowest BCUT2D eigenvalue weighted by Crippen LogP contribution is -2.20. The van der Waals surface area contributed by atoms with Crippen LogP contribution in [0.5, 0.6) is 0 Å². The highest BCUT2D eigenvalue weighted by molar-refractivity contribution is 5.60. The van der Waals surface area contributed by atoms with Gasteiger partial charge in [0.2, 0.25) is 0 Å². The minimum atomic E-state index is 0.127. The van der Waals surface area contributed by atoms with Crippen molar-refractivity contribution in [1.82, 2.24) is 19.9 Å². The van der Waals surface area contributed by atoms with Gasteiger partial charge in [0.25, 0.3) is 0 Å². The lowest BCUT2D eigenvalue weighted by atomic mass is 10.1. The van der Waals surface area contributed by atoms with E-state index in [1.165, 1.54) is 5.56 Å². The van der Waals surface area contributed by atoms with Crippen molar-refractivity contribution in [2.75, 3.05) is 25.5 Å². The van der Waals surface area contributed by atoms with Crippen LogP contribution in [0.1, 0.15) is 29.8 Å². The van der Waals surface area contributed by atoms with E-state index in [-0.39, 0.29) is 6.04 Å². The normalized spacial score (nSPS) is 15.6. The molecular formula is C22H25N5. The van der Waals surface area contributed by atoms with E-state index >= 15 is 0 Å². The molecule has 5 nitrogen and oxygen atoms in total. The number of fused-ring (bicyclic) bond motifs is 1. The maximum absolute atomic E-state index is 4.93. The number of pyridine rings is 1. The molecule has 0 saturated heterocycles. The molecule has 27 heavy (non-hydrogen) atoms. The summed E-state index contributed by atoms with van der Waals surface area (Å²) in [5.74, 6) is 1.74. The van der Waals surface area contributed by atoms with Crippen LogP contribution in [-0.2, 0) is 12.8 Å². The Morgan fingerprint density at radius 1 is 1.00 bits per heavy atom. The highest BCUT2D eigenvalue weighted by atomic mass is 15.1. The van der Waals surface area contributed by atoms with Gasteiger partial charge in [0, 0.05) is 43.0 Å². The number of nitrogens with one attached hydrogen (secondary N) is 1. The molecule has 4 rings (SSSR count). The maximum atomic E-state index is 4.93. The zero-order valence-electron chi connectivity index (χ0n) is 15.9. The molecule has 0 radical (unpaired) electrons. The molecule has 0 spiro atoms. The minimum absolute atomic E-state index is 0.127. The Balaban J connectivity index is 1.74. The summed E-state index contributed by atoms with van der Waals surface area (Å²) >= 11 is 0. The number of anilines is 1. The van der Waals surface area contributed by atoms with Gasteiger partial charge in [-0.25, -0.2) is 9.97 Å². The molecule has 0 amide bonds. The number of nitrogens with zero attached hydrogens (tertiary/aromatic N) is 4. The fourth-order valence-corrected chi connectivity index (χ4v) is 3.47. The van der Waals surface area contributed by atoms with E-state index in [0.717, 1.165) is 54.4 Å². The first-order valence-electron chi connectivity index (χ1n) is 9.51. The van der Waals surface area contributed by atoms with Crippen molar-refractivity contribution in [2.24, 2.45) is 0 Å². The predicted octanol–water partition coefficient (Wildman–Crippen LogP) is 3.74. The van der Waals surface area contributed by atoms with Crippen molar-refractivity contribution < 1.29 is 0 Å². The van der Waals surface area contributed by atoms with Crippen LogP contribution in [0.3, 0.4) is 0 Å². The summed E-state index contributed by atoms with van der Waals surface area (Å²) in [6.45, 7) is 4.20. The molecule has 0 bridgehead atoms. The van der Waals surface area contributed by atoms with Crippen molar-refractivity contribution >= 4 is 5.82 Å². The Labute approximate surface area is 160 Å². The van der Waals surface area contributed by atoms with E-state index < -0.39 is 0 Å². The first-order chi connectivity index (χ1) is 13.2. The van der Waals surface area contributed by atoms with Gasteiger partial charge >= 0.3 is 0 Å². The lowest BCUT2D eigenvalue weighted by molar-refractivity contribution is 0.352. The van der Waals surface area contributed by atoms with Gasteiger partial charge in [-0.15, -0.1) is 0 Å². The smallest absolute Gasteiger partial charge is 0.161 e. The maximum Gasteiger partial charge on any atom is 0.161 e. The molecule has 0 saturated carbocycles. The second kappa shape index (κ2) is 7.84. The number of hydrogen-bond acceptors (Lipinski definition) is 5. The Hall–Kier alpha value is -2.79. The first kappa shape index (κ1) is 17.6. The van der Waals surface area contributed by atoms with Gasteiger partial charge in [-0.2, -0.15) is 0 Å². The van der Waals surface area contributed by atoms with Gasteiger partial charge in [-0.05, 0) is 32.0 Å². The number of aromatic nitrogens is 3. The highest BCUT2D eigenvalue weighted by Gasteiger charge is 2.20. The van der Waals surface area contributed by atoms with Crippen LogP contribution in [-0.4, -0.2) is 40.0 Å². The van der Waals surface area contributed by atoms with E-state index in [4.69, 9.17) is 9.97 Å². The molecule has 1 aliphatic rings. The van der Waals surface area contributed by atoms with Gasteiger partial charge in [0.1, 0.15) is 5.82 Å². The SMILES string of the molecule is C[C@H](Nc1nc(-c2ccccc2)nc2c1CCN(C)CC2)c1cccnc1. The van der Waals surface area contributed by atoms with E-state index in [2.05, 4.69) is 47.4 Å². The van der Waals surface area contributed by atoms with Crippen LogP contribution in [0, 0.1) is 0 Å². The largest absolute Gasteiger partial charge is 0.363 e. The summed E-state index contributed by atoms with van der Waals surface area (Å²) in [4.78, 5) is 16.5. The van der Waals surface area contributed by atoms with Crippen LogP contribution in [0.15, 0.2) is 54.9 Å². The van der Waals surface area contributed by atoms with E-state index in [1.54, 1.807) is 6.20 Å². The first-order valence-corrected chi connectivity index (χ1v) is 9.51. The van der Waals surface area contributed by atoms with Crippen molar-refractivity contribution in [3.8, 4) is 11.4 Å². The van der Waals surface area contributed by atoms with Gasteiger partial charge < -0.3 is 10.2 Å². The van der Waals surface area contributed by atoms with Crippen LogP contribution in [0.4, 0.5) is 5.82 Å². The van der Waals surface area contributed by atoms with Gasteiger partial charge in [0.05, 0.1) is 11.7 Å². The molecular weight excluding hydrogens is 334 g/mol. The van der Waals surface area contributed by atoms with Crippen molar-refractivity contribution in [3.63, 3.8) is 0 Å². The monoisotopic (exact) mass is 359 g/mol.